The summed E-state index contributed by atoms with van der Waals surface area (Å²) in [7, 11) is 0. The minimum Gasteiger partial charge on any atom is -0.300 e. The average molecular weight is 295 g/mol. The molecule has 124 valence electrons. The Labute approximate surface area is 133 Å². The van der Waals surface area contributed by atoms with E-state index in [4.69, 9.17) is 0 Å². The van der Waals surface area contributed by atoms with Crippen LogP contribution >= 0.6 is 0 Å². The fraction of sp³-hybridized carbons (Fsp3) is 1.00. The zero-order chi connectivity index (χ0) is 15.3. The number of hydrogen-bond acceptors (Lipinski definition) is 2. The van der Waals surface area contributed by atoms with E-state index < -0.39 is 0 Å². The zero-order valence-electron chi connectivity index (χ0n) is 15.0. The van der Waals surface area contributed by atoms with Crippen molar-refractivity contribution < 1.29 is 0 Å². The van der Waals surface area contributed by atoms with Crippen molar-refractivity contribution in [1.82, 2.24) is 9.80 Å². The van der Waals surface area contributed by atoms with Gasteiger partial charge in [-0.3, -0.25) is 4.90 Å². The summed E-state index contributed by atoms with van der Waals surface area (Å²) in [4.78, 5) is 5.70. The third-order valence-corrected chi connectivity index (χ3v) is 6.30. The van der Waals surface area contributed by atoms with Crippen molar-refractivity contribution in [3.63, 3.8) is 0 Å². The second-order valence-electron chi connectivity index (χ2n) is 7.41. The van der Waals surface area contributed by atoms with Gasteiger partial charge in [0.25, 0.3) is 0 Å². The topological polar surface area (TPSA) is 6.48 Å². The summed E-state index contributed by atoms with van der Waals surface area (Å²) in [5, 5.41) is 0. The molecule has 2 saturated heterocycles. The van der Waals surface area contributed by atoms with Crippen LogP contribution in [0.4, 0.5) is 0 Å². The summed E-state index contributed by atoms with van der Waals surface area (Å²) in [6, 6.07) is 1.70. The second-order valence-corrected chi connectivity index (χ2v) is 7.41. The highest BCUT2D eigenvalue weighted by Crippen LogP contribution is 2.43. The van der Waals surface area contributed by atoms with E-state index in [-0.39, 0.29) is 0 Å². The Hall–Kier alpha value is -0.0800. The largest absolute Gasteiger partial charge is 0.300 e. The molecular formula is C19H38N2. The lowest BCUT2D eigenvalue weighted by Gasteiger charge is -2.60. The summed E-state index contributed by atoms with van der Waals surface area (Å²) >= 11 is 0. The second kappa shape index (κ2) is 7.97. The van der Waals surface area contributed by atoms with Crippen LogP contribution < -0.4 is 0 Å². The Morgan fingerprint density at radius 3 is 1.71 bits per heavy atom. The van der Waals surface area contributed by atoms with Crippen LogP contribution in [0.2, 0.25) is 0 Å². The van der Waals surface area contributed by atoms with E-state index in [1.165, 1.54) is 77.4 Å². The SMILES string of the molecule is CCCC(CC)N1CCC2(CC1)CCN2C(CC)CCC. The third-order valence-electron chi connectivity index (χ3n) is 6.30. The molecule has 2 aliphatic heterocycles. The van der Waals surface area contributed by atoms with Gasteiger partial charge in [0.05, 0.1) is 0 Å². The Balaban J connectivity index is 1.90. The van der Waals surface area contributed by atoms with Gasteiger partial charge in [0, 0.05) is 37.3 Å². The molecule has 2 unspecified atom stereocenters. The lowest BCUT2D eigenvalue weighted by Crippen LogP contribution is -2.67. The van der Waals surface area contributed by atoms with Gasteiger partial charge < -0.3 is 4.90 Å². The van der Waals surface area contributed by atoms with Crippen LogP contribution in [0.15, 0.2) is 0 Å². The van der Waals surface area contributed by atoms with E-state index >= 15 is 0 Å². The van der Waals surface area contributed by atoms with Crippen molar-refractivity contribution in [3.05, 3.63) is 0 Å². The smallest absolute Gasteiger partial charge is 0.0249 e. The summed E-state index contributed by atoms with van der Waals surface area (Å²) < 4.78 is 0. The van der Waals surface area contributed by atoms with Crippen LogP contribution in [0, 0.1) is 0 Å². The molecule has 0 amide bonds. The van der Waals surface area contributed by atoms with Gasteiger partial charge in [0.2, 0.25) is 0 Å². The van der Waals surface area contributed by atoms with Gasteiger partial charge in [0.15, 0.2) is 0 Å². The van der Waals surface area contributed by atoms with Gasteiger partial charge in [-0.2, -0.15) is 0 Å². The van der Waals surface area contributed by atoms with Crippen molar-refractivity contribution in [2.24, 2.45) is 0 Å². The molecule has 0 N–H and O–H groups in total. The summed E-state index contributed by atoms with van der Waals surface area (Å²) in [6.45, 7) is 13.5. The third kappa shape index (κ3) is 3.64. The highest BCUT2D eigenvalue weighted by Gasteiger charge is 2.48. The maximum Gasteiger partial charge on any atom is 0.0249 e. The number of likely N-dealkylation sites (tertiary alicyclic amines) is 2. The fourth-order valence-corrected chi connectivity index (χ4v) is 4.86. The molecule has 0 bridgehead atoms. The first kappa shape index (κ1) is 17.3. The summed E-state index contributed by atoms with van der Waals surface area (Å²) in [5.74, 6) is 0. The van der Waals surface area contributed by atoms with Gasteiger partial charge >= 0.3 is 0 Å². The van der Waals surface area contributed by atoms with E-state index in [0.717, 1.165) is 12.1 Å². The van der Waals surface area contributed by atoms with Crippen LogP contribution in [0.5, 0.6) is 0 Å². The van der Waals surface area contributed by atoms with Gasteiger partial charge in [-0.25, -0.2) is 0 Å². The van der Waals surface area contributed by atoms with Crippen molar-refractivity contribution in [1.29, 1.82) is 0 Å². The molecule has 2 rings (SSSR count). The van der Waals surface area contributed by atoms with E-state index in [9.17, 15) is 0 Å². The molecule has 0 aromatic heterocycles. The van der Waals surface area contributed by atoms with E-state index in [1.54, 1.807) is 0 Å². The van der Waals surface area contributed by atoms with Crippen LogP contribution in [-0.2, 0) is 0 Å². The number of rotatable bonds is 8. The average Bonchev–Trinajstić information content (AvgIpc) is 2.51. The molecule has 2 aliphatic rings. The van der Waals surface area contributed by atoms with Crippen LogP contribution in [-0.4, -0.2) is 47.1 Å². The molecule has 2 atom stereocenters. The van der Waals surface area contributed by atoms with Crippen molar-refractivity contribution >= 4 is 0 Å². The lowest BCUT2D eigenvalue weighted by molar-refractivity contribution is -0.0943. The molecule has 0 aromatic rings. The Morgan fingerprint density at radius 2 is 1.29 bits per heavy atom. The Morgan fingerprint density at radius 1 is 0.762 bits per heavy atom. The number of nitrogens with zero attached hydrogens (tertiary/aromatic N) is 2. The zero-order valence-corrected chi connectivity index (χ0v) is 15.0. The first-order valence-corrected chi connectivity index (χ1v) is 9.71. The summed E-state index contributed by atoms with van der Waals surface area (Å²) in [6.07, 6.45) is 12.4. The molecule has 2 nitrogen and oxygen atoms in total. The van der Waals surface area contributed by atoms with Gasteiger partial charge in [-0.05, 0) is 44.9 Å². The molecule has 2 heterocycles. The van der Waals surface area contributed by atoms with Crippen molar-refractivity contribution in [2.45, 2.75) is 103 Å². The van der Waals surface area contributed by atoms with Crippen LogP contribution in [0.1, 0.15) is 85.5 Å². The van der Waals surface area contributed by atoms with Crippen LogP contribution in [0.25, 0.3) is 0 Å². The minimum atomic E-state index is 0.594. The predicted octanol–water partition coefficient (Wildman–Crippen LogP) is 4.68. The molecule has 1 spiro atoms. The van der Waals surface area contributed by atoms with E-state index in [2.05, 4.69) is 37.5 Å². The molecule has 0 radical (unpaired) electrons. The Bertz CT molecular complexity index is 294. The predicted molar refractivity (Wildman–Crippen MR) is 92.8 cm³/mol. The van der Waals surface area contributed by atoms with Gasteiger partial charge in [-0.1, -0.05) is 40.5 Å². The maximum absolute atomic E-state index is 2.90. The molecule has 2 fully saturated rings. The van der Waals surface area contributed by atoms with E-state index in [1.807, 2.05) is 0 Å². The fourth-order valence-electron chi connectivity index (χ4n) is 4.86. The highest BCUT2D eigenvalue weighted by atomic mass is 15.3. The maximum atomic E-state index is 2.90. The minimum absolute atomic E-state index is 0.594. The quantitative estimate of drug-likeness (QED) is 0.641. The first-order chi connectivity index (χ1) is 10.2. The molecular weight excluding hydrogens is 256 g/mol. The molecule has 21 heavy (non-hydrogen) atoms. The van der Waals surface area contributed by atoms with Crippen LogP contribution in [0.3, 0.4) is 0 Å². The molecule has 2 heteroatoms. The lowest BCUT2D eigenvalue weighted by atomic mass is 9.74. The monoisotopic (exact) mass is 294 g/mol. The molecule has 0 saturated carbocycles. The molecule has 0 aliphatic carbocycles. The number of piperidine rings is 1. The standard InChI is InChI=1S/C19H38N2/c1-5-9-17(7-3)20-14-11-19(12-15-20)13-16-21(19)18(8-4)10-6-2/h17-18H,5-16H2,1-4H3. The van der Waals surface area contributed by atoms with Crippen molar-refractivity contribution in [3.8, 4) is 0 Å². The van der Waals surface area contributed by atoms with Gasteiger partial charge in [0.1, 0.15) is 0 Å². The highest BCUT2D eigenvalue weighted by molar-refractivity contribution is 5.05. The van der Waals surface area contributed by atoms with E-state index in [0.29, 0.717) is 5.54 Å². The normalized spacial score (nSPS) is 25.7. The molecule has 0 aromatic carbocycles. The first-order valence-electron chi connectivity index (χ1n) is 9.71. The summed E-state index contributed by atoms with van der Waals surface area (Å²) in [5.41, 5.74) is 0.594. The number of hydrogen-bond donors (Lipinski definition) is 0. The van der Waals surface area contributed by atoms with Gasteiger partial charge in [-0.15, -0.1) is 0 Å². The Kier molecular flexibility index (Phi) is 6.55. The van der Waals surface area contributed by atoms with Crippen molar-refractivity contribution in [2.75, 3.05) is 19.6 Å².